The lowest BCUT2D eigenvalue weighted by molar-refractivity contribution is 0.0939. The third kappa shape index (κ3) is 11.5. The van der Waals surface area contributed by atoms with Gasteiger partial charge in [-0.3, -0.25) is 9.79 Å². The van der Waals surface area contributed by atoms with Crippen molar-refractivity contribution in [3.05, 3.63) is 35.4 Å². The normalized spacial score (nSPS) is 12.3. The van der Waals surface area contributed by atoms with Crippen molar-refractivity contribution in [1.29, 1.82) is 0 Å². The molecule has 1 amide bonds. The molecule has 0 radical (unpaired) electrons. The van der Waals surface area contributed by atoms with Gasteiger partial charge in [0, 0.05) is 45.0 Å². The SMILES string of the molecule is CCC(C)NC(=O)c1ccc(CNC(=NC)NCCCOCC(C)C)cc1.I. The molecule has 0 aliphatic heterocycles. The lowest BCUT2D eigenvalue weighted by Crippen LogP contribution is -2.37. The van der Waals surface area contributed by atoms with E-state index >= 15 is 0 Å². The van der Waals surface area contributed by atoms with Gasteiger partial charge in [-0.1, -0.05) is 32.9 Å². The number of halogens is 1. The van der Waals surface area contributed by atoms with E-state index in [1.54, 1.807) is 7.05 Å². The molecule has 0 aromatic heterocycles. The Morgan fingerprint density at radius 1 is 1.14 bits per heavy atom. The summed E-state index contributed by atoms with van der Waals surface area (Å²) in [6, 6.07) is 7.83. The van der Waals surface area contributed by atoms with Crippen LogP contribution in [0.1, 0.15) is 56.5 Å². The third-order valence-corrected chi connectivity index (χ3v) is 4.10. The Kier molecular flexibility index (Phi) is 14.8. The van der Waals surface area contributed by atoms with Crippen molar-refractivity contribution in [3.8, 4) is 0 Å². The third-order valence-electron chi connectivity index (χ3n) is 4.10. The van der Waals surface area contributed by atoms with Crippen molar-refractivity contribution in [2.24, 2.45) is 10.9 Å². The molecular weight excluding hydrogens is 467 g/mol. The lowest BCUT2D eigenvalue weighted by Gasteiger charge is -2.13. The van der Waals surface area contributed by atoms with Crippen LogP contribution in [0.4, 0.5) is 0 Å². The quantitative estimate of drug-likeness (QED) is 0.187. The summed E-state index contributed by atoms with van der Waals surface area (Å²) in [5.74, 6) is 1.30. The second-order valence-electron chi connectivity index (χ2n) is 7.15. The maximum absolute atomic E-state index is 12.1. The van der Waals surface area contributed by atoms with Crippen LogP contribution in [0.2, 0.25) is 0 Å². The molecule has 0 fully saturated rings. The molecule has 0 saturated carbocycles. The van der Waals surface area contributed by atoms with Gasteiger partial charge in [0.2, 0.25) is 0 Å². The predicted octanol–water partition coefficient (Wildman–Crippen LogP) is 3.56. The van der Waals surface area contributed by atoms with E-state index in [4.69, 9.17) is 4.74 Å². The summed E-state index contributed by atoms with van der Waals surface area (Å²) in [4.78, 5) is 16.3. The number of carbonyl (C=O) groups is 1. The molecule has 1 aromatic carbocycles. The van der Waals surface area contributed by atoms with Gasteiger partial charge in [0.25, 0.3) is 5.91 Å². The number of nitrogens with zero attached hydrogens (tertiary/aromatic N) is 1. The zero-order chi connectivity index (χ0) is 20.1. The summed E-state index contributed by atoms with van der Waals surface area (Å²) in [5.41, 5.74) is 1.78. The zero-order valence-electron chi connectivity index (χ0n) is 17.9. The van der Waals surface area contributed by atoms with Crippen molar-refractivity contribution in [2.45, 2.75) is 53.1 Å². The monoisotopic (exact) mass is 504 g/mol. The first-order chi connectivity index (χ1) is 13.0. The van der Waals surface area contributed by atoms with Crippen LogP contribution in [0.5, 0.6) is 0 Å². The second kappa shape index (κ2) is 15.6. The van der Waals surface area contributed by atoms with Gasteiger partial charge >= 0.3 is 0 Å². The fourth-order valence-corrected chi connectivity index (χ4v) is 2.29. The average molecular weight is 504 g/mol. The van der Waals surface area contributed by atoms with Crippen LogP contribution in [-0.4, -0.2) is 44.7 Å². The van der Waals surface area contributed by atoms with Crippen LogP contribution < -0.4 is 16.0 Å². The van der Waals surface area contributed by atoms with Crippen molar-refractivity contribution >= 4 is 35.8 Å². The summed E-state index contributed by atoms with van der Waals surface area (Å²) >= 11 is 0. The number of guanidine groups is 1. The van der Waals surface area contributed by atoms with Crippen LogP contribution in [0.15, 0.2) is 29.3 Å². The first-order valence-electron chi connectivity index (χ1n) is 9.88. The summed E-state index contributed by atoms with van der Waals surface area (Å²) in [6.07, 6.45) is 1.86. The summed E-state index contributed by atoms with van der Waals surface area (Å²) < 4.78 is 5.57. The Balaban J connectivity index is 0.00000729. The number of ether oxygens (including phenoxy) is 1. The van der Waals surface area contributed by atoms with Gasteiger partial charge in [-0.25, -0.2) is 0 Å². The van der Waals surface area contributed by atoms with E-state index < -0.39 is 0 Å². The fourth-order valence-electron chi connectivity index (χ4n) is 2.29. The van der Waals surface area contributed by atoms with Gasteiger partial charge < -0.3 is 20.7 Å². The smallest absolute Gasteiger partial charge is 0.251 e. The number of carbonyl (C=O) groups excluding carboxylic acids is 1. The van der Waals surface area contributed by atoms with E-state index in [1.165, 1.54) is 0 Å². The summed E-state index contributed by atoms with van der Waals surface area (Å²) in [5, 5.41) is 9.54. The topological polar surface area (TPSA) is 74.8 Å². The molecule has 0 aliphatic carbocycles. The molecule has 0 spiro atoms. The van der Waals surface area contributed by atoms with Crippen molar-refractivity contribution in [1.82, 2.24) is 16.0 Å². The predicted molar refractivity (Wildman–Crippen MR) is 128 cm³/mol. The highest BCUT2D eigenvalue weighted by Crippen LogP contribution is 2.05. The van der Waals surface area contributed by atoms with Gasteiger partial charge in [0.1, 0.15) is 0 Å². The maximum Gasteiger partial charge on any atom is 0.251 e. The number of benzene rings is 1. The van der Waals surface area contributed by atoms with Crippen molar-refractivity contribution in [3.63, 3.8) is 0 Å². The Labute approximate surface area is 187 Å². The van der Waals surface area contributed by atoms with Gasteiger partial charge in [-0.15, -0.1) is 24.0 Å². The van der Waals surface area contributed by atoms with E-state index in [-0.39, 0.29) is 35.9 Å². The number of nitrogens with one attached hydrogen (secondary N) is 3. The molecule has 6 nitrogen and oxygen atoms in total. The minimum atomic E-state index is -0.0268. The van der Waals surface area contributed by atoms with E-state index in [9.17, 15) is 4.79 Å². The van der Waals surface area contributed by atoms with Crippen LogP contribution >= 0.6 is 24.0 Å². The number of rotatable bonds is 11. The molecule has 160 valence electrons. The zero-order valence-corrected chi connectivity index (χ0v) is 20.2. The van der Waals surface area contributed by atoms with Crippen LogP contribution in [0.25, 0.3) is 0 Å². The summed E-state index contributed by atoms with van der Waals surface area (Å²) in [6.45, 7) is 11.4. The molecule has 0 heterocycles. The van der Waals surface area contributed by atoms with Crippen LogP contribution in [0, 0.1) is 5.92 Å². The molecule has 1 aromatic rings. The second-order valence-corrected chi connectivity index (χ2v) is 7.15. The van der Waals surface area contributed by atoms with E-state index in [1.807, 2.05) is 31.2 Å². The van der Waals surface area contributed by atoms with Gasteiger partial charge in [0.05, 0.1) is 0 Å². The highest BCUT2D eigenvalue weighted by Gasteiger charge is 2.08. The molecule has 1 atom stereocenters. The Morgan fingerprint density at radius 3 is 2.39 bits per heavy atom. The molecule has 0 bridgehead atoms. The first kappa shape index (κ1) is 26.6. The fraction of sp³-hybridized carbons (Fsp3) is 0.619. The lowest BCUT2D eigenvalue weighted by atomic mass is 10.1. The Morgan fingerprint density at radius 2 is 1.82 bits per heavy atom. The number of hydrogen-bond acceptors (Lipinski definition) is 3. The molecule has 1 rings (SSSR count). The summed E-state index contributed by atoms with van der Waals surface area (Å²) in [7, 11) is 1.76. The van der Waals surface area contributed by atoms with Crippen molar-refractivity contribution < 1.29 is 9.53 Å². The Hall–Kier alpha value is -1.35. The minimum Gasteiger partial charge on any atom is -0.381 e. The van der Waals surface area contributed by atoms with Crippen molar-refractivity contribution in [2.75, 3.05) is 26.8 Å². The molecule has 0 saturated heterocycles. The van der Waals surface area contributed by atoms with Gasteiger partial charge in [-0.2, -0.15) is 0 Å². The number of hydrogen-bond donors (Lipinski definition) is 3. The molecule has 3 N–H and O–H groups in total. The van der Waals surface area contributed by atoms with Crippen LogP contribution in [0.3, 0.4) is 0 Å². The molecular formula is C21H37IN4O2. The van der Waals surface area contributed by atoms with E-state index in [2.05, 4.69) is 41.7 Å². The highest BCUT2D eigenvalue weighted by molar-refractivity contribution is 14.0. The number of aliphatic imine (C=N–C) groups is 1. The first-order valence-corrected chi connectivity index (χ1v) is 9.88. The largest absolute Gasteiger partial charge is 0.381 e. The van der Waals surface area contributed by atoms with Gasteiger partial charge in [0.15, 0.2) is 5.96 Å². The maximum atomic E-state index is 12.1. The average Bonchev–Trinajstić information content (AvgIpc) is 2.66. The minimum absolute atomic E-state index is 0. The molecule has 0 aliphatic rings. The Bertz CT molecular complexity index is 576. The molecule has 7 heteroatoms. The number of amides is 1. The molecule has 28 heavy (non-hydrogen) atoms. The highest BCUT2D eigenvalue weighted by atomic mass is 127. The molecule has 1 unspecified atom stereocenters. The van der Waals surface area contributed by atoms with E-state index in [0.717, 1.165) is 44.1 Å². The van der Waals surface area contributed by atoms with Crippen LogP contribution in [-0.2, 0) is 11.3 Å². The standard InChI is InChI=1S/C21H36N4O2.HI/c1-6-17(4)25-20(26)19-10-8-18(9-11-19)14-24-21(22-5)23-12-7-13-27-15-16(2)3;/h8-11,16-17H,6-7,12-15H2,1-5H3,(H,25,26)(H2,22,23,24);1H. The van der Waals surface area contributed by atoms with E-state index in [0.29, 0.717) is 18.0 Å². The van der Waals surface area contributed by atoms with Gasteiger partial charge in [-0.05, 0) is 43.4 Å².